The van der Waals surface area contributed by atoms with Crippen LogP contribution in [0.5, 0.6) is 0 Å². The van der Waals surface area contributed by atoms with E-state index in [-0.39, 0.29) is 13.0 Å². The van der Waals surface area contributed by atoms with Gasteiger partial charge in [0.2, 0.25) is 0 Å². The Morgan fingerprint density at radius 2 is 2.14 bits per heavy atom. The van der Waals surface area contributed by atoms with Gasteiger partial charge in [-0.1, -0.05) is 29.8 Å². The fourth-order valence-electron chi connectivity index (χ4n) is 0.901. The molecule has 0 amide bonds. The second-order valence-electron chi connectivity index (χ2n) is 2.62. The summed E-state index contributed by atoms with van der Waals surface area (Å²) in [5.74, 6) is -0.542. The molecule has 0 spiro atoms. The molecule has 0 N–H and O–H groups in total. The summed E-state index contributed by atoms with van der Waals surface area (Å²) in [6.07, 6.45) is 0.291. The van der Waals surface area contributed by atoms with Gasteiger partial charge in [-0.25, -0.2) is 0 Å². The first-order valence-electron chi connectivity index (χ1n) is 4.06. The number of hydrogen-bond donors (Lipinski definition) is 0. The first-order valence-corrected chi connectivity index (χ1v) is 4.44. The van der Waals surface area contributed by atoms with Crippen LogP contribution in [0.1, 0.15) is 12.0 Å². The Morgan fingerprint density at radius 1 is 1.43 bits per heavy atom. The largest absolute Gasteiger partial charge is 0.460 e. The quantitative estimate of drug-likeness (QED) is 0.435. The van der Waals surface area contributed by atoms with E-state index in [2.05, 4.69) is 0 Å². The third-order valence-corrected chi connectivity index (χ3v) is 1.97. The highest BCUT2D eigenvalue weighted by Gasteiger charge is 2.03. The Labute approximate surface area is 86.6 Å². The summed E-state index contributed by atoms with van der Waals surface area (Å²) in [4.78, 5) is 20.8. The molecule has 0 aromatic heterocycles. The minimum absolute atomic E-state index is 0.104. The molecule has 0 atom stereocenters. The Bertz CT molecular complexity index is 336. The molecular formula is C10H9ClO3. The lowest BCUT2D eigenvalue weighted by Gasteiger charge is -2.04. The van der Waals surface area contributed by atoms with E-state index in [1.165, 1.54) is 0 Å². The van der Waals surface area contributed by atoms with Crippen molar-refractivity contribution >= 4 is 23.9 Å². The summed E-state index contributed by atoms with van der Waals surface area (Å²) in [7, 11) is 0. The van der Waals surface area contributed by atoms with Crippen molar-refractivity contribution in [3.8, 4) is 0 Å². The van der Waals surface area contributed by atoms with E-state index in [4.69, 9.17) is 16.3 Å². The SMILES string of the molecule is O=CCC(=O)OCc1ccccc1Cl. The van der Waals surface area contributed by atoms with Crippen LogP contribution in [0.4, 0.5) is 0 Å². The molecule has 0 unspecified atom stereocenters. The number of aldehydes is 1. The summed E-state index contributed by atoms with van der Waals surface area (Å²) in [6, 6.07) is 7.06. The van der Waals surface area contributed by atoms with Gasteiger partial charge in [0.25, 0.3) is 0 Å². The highest BCUT2D eigenvalue weighted by molar-refractivity contribution is 6.31. The van der Waals surface area contributed by atoms with Gasteiger partial charge in [0.05, 0.1) is 0 Å². The zero-order valence-corrected chi connectivity index (χ0v) is 8.16. The predicted molar refractivity (Wildman–Crippen MR) is 51.9 cm³/mol. The molecule has 0 fully saturated rings. The van der Waals surface area contributed by atoms with Crippen molar-refractivity contribution in [1.82, 2.24) is 0 Å². The number of halogens is 1. The van der Waals surface area contributed by atoms with Crippen molar-refractivity contribution in [2.45, 2.75) is 13.0 Å². The summed E-state index contributed by atoms with van der Waals surface area (Å²) < 4.78 is 4.79. The van der Waals surface area contributed by atoms with Crippen LogP contribution in [0.3, 0.4) is 0 Å². The lowest BCUT2D eigenvalue weighted by Crippen LogP contribution is -2.04. The Morgan fingerprint density at radius 3 is 2.79 bits per heavy atom. The Balaban J connectivity index is 2.49. The Kier molecular flexibility index (Phi) is 4.13. The van der Waals surface area contributed by atoms with Gasteiger partial charge in [0.1, 0.15) is 19.3 Å². The first-order chi connectivity index (χ1) is 6.74. The molecule has 0 saturated carbocycles. The highest BCUT2D eigenvalue weighted by Crippen LogP contribution is 2.15. The molecule has 1 aromatic rings. The topological polar surface area (TPSA) is 43.4 Å². The smallest absolute Gasteiger partial charge is 0.313 e. The number of esters is 1. The van der Waals surface area contributed by atoms with E-state index in [9.17, 15) is 9.59 Å². The zero-order valence-electron chi connectivity index (χ0n) is 7.40. The molecule has 0 heterocycles. The predicted octanol–water partition coefficient (Wildman–Crippen LogP) is 1.97. The van der Waals surface area contributed by atoms with E-state index >= 15 is 0 Å². The fraction of sp³-hybridized carbons (Fsp3) is 0.200. The van der Waals surface area contributed by atoms with Crippen LogP contribution in [0.25, 0.3) is 0 Å². The molecule has 1 rings (SSSR count). The number of benzene rings is 1. The zero-order chi connectivity index (χ0) is 10.4. The maximum atomic E-state index is 10.8. The molecule has 0 saturated heterocycles. The fourth-order valence-corrected chi connectivity index (χ4v) is 1.09. The summed E-state index contributed by atoms with van der Waals surface area (Å²) >= 11 is 5.82. The van der Waals surface area contributed by atoms with Crippen LogP contribution in [0.2, 0.25) is 5.02 Å². The van der Waals surface area contributed by atoms with Crippen LogP contribution in [0.15, 0.2) is 24.3 Å². The van der Waals surface area contributed by atoms with Crippen LogP contribution >= 0.6 is 11.6 Å². The van der Waals surface area contributed by atoms with Crippen LogP contribution in [-0.2, 0) is 20.9 Å². The third-order valence-electron chi connectivity index (χ3n) is 1.60. The van der Waals surface area contributed by atoms with E-state index in [0.717, 1.165) is 5.56 Å². The molecule has 0 bridgehead atoms. The second-order valence-corrected chi connectivity index (χ2v) is 3.03. The molecule has 0 radical (unpaired) electrons. The van der Waals surface area contributed by atoms with Gasteiger partial charge in [-0.3, -0.25) is 4.79 Å². The third kappa shape index (κ3) is 3.18. The van der Waals surface area contributed by atoms with Crippen molar-refractivity contribution in [3.05, 3.63) is 34.9 Å². The molecular weight excluding hydrogens is 204 g/mol. The highest BCUT2D eigenvalue weighted by atomic mass is 35.5. The average Bonchev–Trinajstić information content (AvgIpc) is 2.17. The van der Waals surface area contributed by atoms with Crippen molar-refractivity contribution in [3.63, 3.8) is 0 Å². The van der Waals surface area contributed by atoms with Crippen LogP contribution in [-0.4, -0.2) is 12.3 Å². The summed E-state index contributed by atoms with van der Waals surface area (Å²) in [6.45, 7) is 0.104. The van der Waals surface area contributed by atoms with Gasteiger partial charge in [0.15, 0.2) is 0 Å². The number of hydrogen-bond acceptors (Lipinski definition) is 3. The minimum atomic E-state index is -0.542. The van der Waals surface area contributed by atoms with E-state index < -0.39 is 5.97 Å². The van der Waals surface area contributed by atoms with Crippen molar-refractivity contribution in [2.75, 3.05) is 0 Å². The average molecular weight is 213 g/mol. The van der Waals surface area contributed by atoms with Gasteiger partial charge >= 0.3 is 5.97 Å². The molecule has 0 aliphatic heterocycles. The van der Waals surface area contributed by atoms with E-state index in [0.29, 0.717) is 11.3 Å². The Hall–Kier alpha value is -1.35. The lowest BCUT2D eigenvalue weighted by molar-refractivity contribution is -0.145. The van der Waals surface area contributed by atoms with E-state index in [1.54, 1.807) is 24.3 Å². The van der Waals surface area contributed by atoms with Crippen molar-refractivity contribution in [2.24, 2.45) is 0 Å². The molecule has 1 aromatic carbocycles. The maximum Gasteiger partial charge on any atom is 0.313 e. The maximum absolute atomic E-state index is 10.8. The first kappa shape index (κ1) is 10.7. The molecule has 4 heteroatoms. The van der Waals surface area contributed by atoms with Gasteiger partial charge in [-0.2, -0.15) is 0 Å². The molecule has 14 heavy (non-hydrogen) atoms. The monoisotopic (exact) mass is 212 g/mol. The van der Waals surface area contributed by atoms with Gasteiger partial charge in [0, 0.05) is 10.6 Å². The normalized spacial score (nSPS) is 9.50. The standard InChI is InChI=1S/C10H9ClO3/c11-9-4-2-1-3-8(9)7-14-10(13)5-6-12/h1-4,6H,5,7H2. The summed E-state index contributed by atoms with van der Waals surface area (Å²) in [5.41, 5.74) is 0.730. The van der Waals surface area contributed by atoms with Crippen molar-refractivity contribution < 1.29 is 14.3 Å². The van der Waals surface area contributed by atoms with Crippen molar-refractivity contribution in [1.29, 1.82) is 0 Å². The molecule has 74 valence electrons. The number of carbonyl (C=O) groups is 2. The molecule has 3 nitrogen and oxygen atoms in total. The summed E-state index contributed by atoms with van der Waals surface area (Å²) in [5, 5.41) is 0.548. The van der Waals surface area contributed by atoms with E-state index in [1.807, 2.05) is 0 Å². The number of ether oxygens (including phenoxy) is 1. The minimum Gasteiger partial charge on any atom is -0.460 e. The second kappa shape index (κ2) is 5.40. The molecule has 0 aliphatic rings. The lowest BCUT2D eigenvalue weighted by atomic mass is 10.2. The van der Waals surface area contributed by atoms with Crippen LogP contribution in [0, 0.1) is 0 Å². The number of rotatable bonds is 4. The van der Waals surface area contributed by atoms with Gasteiger partial charge < -0.3 is 9.53 Å². The number of carbonyl (C=O) groups excluding carboxylic acids is 2. The molecule has 0 aliphatic carbocycles. The van der Waals surface area contributed by atoms with Gasteiger partial charge in [-0.15, -0.1) is 0 Å². The van der Waals surface area contributed by atoms with Crippen LogP contribution < -0.4 is 0 Å². The van der Waals surface area contributed by atoms with Gasteiger partial charge in [-0.05, 0) is 6.07 Å².